The van der Waals surface area contributed by atoms with Crippen LogP contribution in [-0.4, -0.2) is 6.10 Å². The predicted molar refractivity (Wildman–Crippen MR) is 23.3 cm³/mol. The fourth-order valence-electron chi connectivity index (χ4n) is 1.13. The largest absolute Gasteiger partial charge is 0.213 e. The molecule has 0 atom stereocenters. The zero-order valence-corrected chi connectivity index (χ0v) is 6.17. The summed E-state index contributed by atoms with van der Waals surface area (Å²) >= 11 is 0. The van der Waals surface area contributed by atoms with Crippen molar-refractivity contribution in [3.8, 4) is 0 Å². The summed E-state index contributed by atoms with van der Waals surface area (Å²) in [5.74, 6) is 0. The Bertz CT molecular complexity index is 105. The quantitative estimate of drug-likeness (QED) is 0.471. The molecule has 0 heterocycles. The van der Waals surface area contributed by atoms with Crippen molar-refractivity contribution < 1.29 is 28.5 Å². The zero-order valence-electron chi connectivity index (χ0n) is 5.42. The minimum Gasteiger partial charge on any atom is -0.183 e. The lowest BCUT2D eigenvalue weighted by Gasteiger charge is -2.15. The van der Waals surface area contributed by atoms with Gasteiger partial charge in [-0.3, -0.25) is 0 Å². The molecule has 0 amide bonds. The number of halogens is 1. The summed E-state index contributed by atoms with van der Waals surface area (Å²) in [6, 6.07) is 0. The second kappa shape index (κ2) is 3.02. The van der Waals surface area contributed by atoms with Crippen molar-refractivity contribution in [1.29, 1.82) is 0 Å². The molecule has 10 heavy (non-hydrogen) atoms. The average molecular weight is 169 g/mol. The normalized spacial score (nSPS) is 21.9. The highest BCUT2D eigenvalue weighted by atomic mass is 35.7. The Labute approximate surface area is 61.2 Å². The smallest absolute Gasteiger partial charge is 0.183 e. The van der Waals surface area contributed by atoms with E-state index in [1.807, 2.05) is 0 Å². The van der Waals surface area contributed by atoms with Crippen LogP contribution in [0.1, 0.15) is 25.7 Å². The Hall–Kier alpha value is 0.130. The van der Waals surface area contributed by atoms with Gasteiger partial charge in [0, 0.05) is 0 Å². The van der Waals surface area contributed by atoms with Gasteiger partial charge in [0.05, 0.1) is 14.5 Å². The van der Waals surface area contributed by atoms with Crippen molar-refractivity contribution in [2.24, 2.45) is 0 Å². The van der Waals surface area contributed by atoms with Gasteiger partial charge in [0.25, 0.3) is 0 Å². The molecule has 0 aromatic rings. The molecule has 1 saturated carbocycles. The third-order valence-electron chi connectivity index (χ3n) is 1.54. The molecule has 5 heteroatoms. The van der Waals surface area contributed by atoms with Crippen LogP contribution < -0.4 is 14.0 Å². The molecule has 1 aliphatic carbocycles. The number of hydrogen-bond donors (Lipinski definition) is 0. The van der Waals surface area contributed by atoms with Gasteiger partial charge < -0.3 is 0 Å². The van der Waals surface area contributed by atoms with E-state index in [2.05, 4.69) is 4.29 Å². The highest BCUT2D eigenvalue weighted by Crippen LogP contribution is 2.22. The lowest BCUT2D eigenvalue weighted by atomic mass is 10.3. The maximum Gasteiger partial charge on any atom is 0.213 e. The summed E-state index contributed by atoms with van der Waals surface area (Å²) in [6.45, 7) is 0. The molecule has 60 valence electrons. The third kappa shape index (κ3) is 2.81. The van der Waals surface area contributed by atoms with Crippen LogP contribution in [0.25, 0.3) is 0 Å². The molecule has 0 radical (unpaired) electrons. The van der Waals surface area contributed by atoms with Gasteiger partial charge in [-0.25, -0.2) is 0 Å². The van der Waals surface area contributed by atoms with E-state index in [4.69, 9.17) is 0 Å². The summed E-state index contributed by atoms with van der Waals surface area (Å²) in [5.41, 5.74) is 0. The molecule has 1 rings (SSSR count). The topological polar surface area (TPSA) is 78.4 Å². The summed E-state index contributed by atoms with van der Waals surface area (Å²) in [7, 11) is -4.20. The van der Waals surface area contributed by atoms with E-state index >= 15 is 0 Å². The third-order valence-corrected chi connectivity index (χ3v) is 2.01. The SMILES string of the molecule is [O-][Cl+3]([O-])([O-])OC1CCCC1. The maximum absolute atomic E-state index is 9.98. The van der Waals surface area contributed by atoms with E-state index in [0.29, 0.717) is 12.8 Å². The van der Waals surface area contributed by atoms with Gasteiger partial charge in [-0.05, 0) is 12.8 Å². The van der Waals surface area contributed by atoms with Gasteiger partial charge in [-0.1, -0.05) is 12.8 Å². The van der Waals surface area contributed by atoms with Gasteiger partial charge >= 0.3 is 0 Å². The van der Waals surface area contributed by atoms with Crippen molar-refractivity contribution in [1.82, 2.24) is 0 Å². The fourth-order valence-corrected chi connectivity index (χ4v) is 1.62. The summed E-state index contributed by atoms with van der Waals surface area (Å²) in [4.78, 5) is 0. The second-order valence-corrected chi connectivity index (χ2v) is 3.31. The van der Waals surface area contributed by atoms with Crippen LogP contribution in [0.4, 0.5) is 0 Å². The first-order valence-electron chi connectivity index (χ1n) is 3.17. The Morgan fingerprint density at radius 3 is 2.00 bits per heavy atom. The van der Waals surface area contributed by atoms with E-state index in [1.165, 1.54) is 0 Å². The number of hydrogen-bond acceptors (Lipinski definition) is 4. The van der Waals surface area contributed by atoms with Gasteiger partial charge in [0.15, 0.2) is 0 Å². The standard InChI is InChI=1S/C5H9ClO4/c7-6(8,9)10-5-3-1-2-4-5/h5H,1-4H2. The highest BCUT2D eigenvalue weighted by Gasteiger charge is 2.30. The van der Waals surface area contributed by atoms with Crippen molar-refractivity contribution in [3.05, 3.63) is 0 Å². The second-order valence-electron chi connectivity index (χ2n) is 2.37. The maximum atomic E-state index is 9.98. The molecule has 0 unspecified atom stereocenters. The van der Waals surface area contributed by atoms with E-state index in [-0.39, 0.29) is 6.10 Å². The predicted octanol–water partition coefficient (Wildman–Crippen LogP) is -2.16. The van der Waals surface area contributed by atoms with Gasteiger partial charge in [0.1, 0.15) is 0 Å². The summed E-state index contributed by atoms with van der Waals surface area (Å²) in [5, 5.41) is 0. The van der Waals surface area contributed by atoms with E-state index in [1.54, 1.807) is 0 Å². The highest BCUT2D eigenvalue weighted by molar-refractivity contribution is 4.64. The average Bonchev–Trinajstić information content (AvgIpc) is 2.12. The molecular weight excluding hydrogens is 160 g/mol. The lowest BCUT2D eigenvalue weighted by Crippen LogP contribution is -2.62. The minimum atomic E-state index is -4.20. The molecule has 0 aliphatic heterocycles. The van der Waals surface area contributed by atoms with Crippen molar-refractivity contribution in [3.63, 3.8) is 0 Å². The molecule has 1 fully saturated rings. The Kier molecular flexibility index (Phi) is 2.49. The zero-order chi connectivity index (χ0) is 7.61. The van der Waals surface area contributed by atoms with Crippen molar-refractivity contribution in [2.75, 3.05) is 0 Å². The van der Waals surface area contributed by atoms with E-state index in [9.17, 15) is 14.0 Å². The van der Waals surface area contributed by atoms with E-state index in [0.717, 1.165) is 12.8 Å². The first-order valence-corrected chi connectivity index (χ1v) is 4.40. The summed E-state index contributed by atoms with van der Waals surface area (Å²) < 4.78 is 34.1. The molecule has 4 nitrogen and oxygen atoms in total. The minimum absolute atomic E-state index is 0.357. The van der Waals surface area contributed by atoms with Gasteiger partial charge in [0.2, 0.25) is 6.10 Å². The molecule has 0 spiro atoms. The first-order chi connectivity index (χ1) is 4.58. The number of rotatable bonds is 2. The van der Waals surface area contributed by atoms with Crippen LogP contribution in [0, 0.1) is 10.2 Å². The van der Waals surface area contributed by atoms with Crippen LogP contribution in [0.3, 0.4) is 0 Å². The van der Waals surface area contributed by atoms with Crippen LogP contribution in [0.5, 0.6) is 0 Å². The first kappa shape index (κ1) is 8.23. The molecule has 0 bridgehead atoms. The lowest BCUT2D eigenvalue weighted by molar-refractivity contribution is -1.92. The Morgan fingerprint density at radius 2 is 1.60 bits per heavy atom. The molecule has 0 aromatic heterocycles. The molecular formula is C5H9ClO4. The van der Waals surface area contributed by atoms with Crippen LogP contribution in [0.2, 0.25) is 0 Å². The van der Waals surface area contributed by atoms with Crippen LogP contribution in [0.15, 0.2) is 0 Å². The Balaban J connectivity index is 2.24. The summed E-state index contributed by atoms with van der Waals surface area (Å²) in [6.07, 6.45) is 2.93. The molecule has 1 aliphatic rings. The van der Waals surface area contributed by atoms with E-state index < -0.39 is 10.2 Å². The van der Waals surface area contributed by atoms with Crippen LogP contribution >= 0.6 is 0 Å². The van der Waals surface area contributed by atoms with Crippen molar-refractivity contribution in [2.45, 2.75) is 31.8 Å². The molecule has 0 aromatic carbocycles. The van der Waals surface area contributed by atoms with Crippen LogP contribution in [-0.2, 0) is 4.29 Å². The van der Waals surface area contributed by atoms with Gasteiger partial charge in [-0.2, -0.15) is 14.0 Å². The van der Waals surface area contributed by atoms with Gasteiger partial charge in [-0.15, -0.1) is 0 Å². The fraction of sp³-hybridized carbons (Fsp3) is 1.00. The molecule has 0 saturated heterocycles. The molecule has 0 N–H and O–H groups in total. The monoisotopic (exact) mass is 168 g/mol. The Morgan fingerprint density at radius 1 is 1.10 bits per heavy atom. The van der Waals surface area contributed by atoms with Crippen molar-refractivity contribution >= 4 is 0 Å².